The van der Waals surface area contributed by atoms with E-state index in [0.29, 0.717) is 24.8 Å². The lowest BCUT2D eigenvalue weighted by atomic mass is 9.96. The largest absolute Gasteiger partial charge is 0.461 e. The average molecular weight is 1000 g/mol. The summed E-state index contributed by atoms with van der Waals surface area (Å²) < 4.78 is 43.9. The molecule has 25 nitrogen and oxygen atoms in total. The molecule has 0 saturated carbocycles. The number of aliphatic hydroxyl groups excluding tert-OH is 10. The Bertz CT molecular complexity index is 1830. The first-order valence-corrected chi connectivity index (χ1v) is 22.8. The third-order valence-electron chi connectivity index (χ3n) is 11.6. The maximum atomic E-state index is 13.1. The van der Waals surface area contributed by atoms with Crippen LogP contribution in [0.15, 0.2) is 60.7 Å². The second-order valence-corrected chi connectivity index (χ2v) is 16.8. The van der Waals surface area contributed by atoms with Crippen molar-refractivity contribution in [2.45, 2.75) is 143 Å². The van der Waals surface area contributed by atoms with Gasteiger partial charge in [-0.3, -0.25) is 14.4 Å². The lowest BCUT2D eigenvalue weighted by Crippen LogP contribution is -2.65. The highest BCUT2D eigenvalue weighted by molar-refractivity contribution is 5.89. The smallest absolute Gasteiger partial charge is 0.408 e. The van der Waals surface area contributed by atoms with E-state index in [4.69, 9.17) is 37.9 Å². The van der Waals surface area contributed by atoms with Crippen molar-refractivity contribution in [3.05, 3.63) is 71.8 Å². The molecule has 2 aromatic carbocycles. The van der Waals surface area contributed by atoms with Gasteiger partial charge in [-0.2, -0.15) is 0 Å². The predicted octanol–water partition coefficient (Wildman–Crippen LogP) is -4.33. The second-order valence-electron chi connectivity index (χ2n) is 16.8. The number of ether oxygens (including phenoxy) is 8. The Hall–Kier alpha value is -4.52. The van der Waals surface area contributed by atoms with Crippen LogP contribution in [0.3, 0.4) is 0 Å². The van der Waals surface area contributed by atoms with Crippen LogP contribution in [-0.2, 0) is 65.5 Å². The third-order valence-corrected chi connectivity index (χ3v) is 11.6. The first-order chi connectivity index (χ1) is 33.6. The molecule has 16 atom stereocenters. The summed E-state index contributed by atoms with van der Waals surface area (Å²) in [7, 11) is 0. The molecule has 392 valence electrons. The fourth-order valence-electron chi connectivity index (χ4n) is 7.52. The maximum Gasteiger partial charge on any atom is 0.408 e. The van der Waals surface area contributed by atoms with Crippen LogP contribution in [0, 0.1) is 0 Å². The molecule has 3 heterocycles. The van der Waals surface area contributed by atoms with Crippen LogP contribution in [0.2, 0.25) is 0 Å². The van der Waals surface area contributed by atoms with Crippen LogP contribution in [0.4, 0.5) is 4.79 Å². The molecule has 0 spiro atoms. The summed E-state index contributed by atoms with van der Waals surface area (Å²) >= 11 is 0. The summed E-state index contributed by atoms with van der Waals surface area (Å²) in [6.45, 7) is -2.54. The van der Waals surface area contributed by atoms with E-state index in [9.17, 15) is 70.2 Å². The number of benzene rings is 2. The molecule has 0 bridgehead atoms. The molecule has 3 fully saturated rings. The summed E-state index contributed by atoms with van der Waals surface area (Å²) in [6, 6.07) is 16.5. The van der Waals surface area contributed by atoms with Crippen molar-refractivity contribution >= 4 is 23.9 Å². The van der Waals surface area contributed by atoms with Gasteiger partial charge in [0.25, 0.3) is 0 Å². The molecule has 2 aromatic rings. The van der Waals surface area contributed by atoms with Crippen LogP contribution in [-0.4, -0.2) is 213 Å². The Labute approximate surface area is 402 Å². The minimum Gasteiger partial charge on any atom is -0.461 e. The van der Waals surface area contributed by atoms with Crippen molar-refractivity contribution < 1.29 is 108 Å². The van der Waals surface area contributed by atoms with E-state index in [1.54, 1.807) is 54.6 Å². The number of unbranched alkanes of at least 4 members (excludes halogenated alkanes) is 2. The normalized spacial score (nSPS) is 31.5. The van der Waals surface area contributed by atoms with Crippen molar-refractivity contribution in [2.24, 2.45) is 0 Å². The van der Waals surface area contributed by atoms with Gasteiger partial charge in [0, 0.05) is 19.5 Å². The van der Waals surface area contributed by atoms with Crippen molar-refractivity contribution in [1.82, 2.24) is 16.0 Å². The molecule has 3 saturated heterocycles. The van der Waals surface area contributed by atoms with E-state index >= 15 is 0 Å². The average Bonchev–Trinajstić information content (AvgIpc) is 3.36. The van der Waals surface area contributed by atoms with Gasteiger partial charge >= 0.3 is 12.1 Å². The molecule has 5 rings (SSSR count). The van der Waals surface area contributed by atoms with Gasteiger partial charge in [0.05, 0.1) is 32.8 Å². The van der Waals surface area contributed by atoms with E-state index in [1.165, 1.54) is 0 Å². The van der Waals surface area contributed by atoms with E-state index < -0.39 is 142 Å². The van der Waals surface area contributed by atoms with Crippen LogP contribution >= 0.6 is 0 Å². The van der Waals surface area contributed by atoms with Gasteiger partial charge in [0.1, 0.15) is 92.5 Å². The number of alkyl carbamates (subject to hydrolysis) is 1. The Morgan fingerprint density at radius 3 is 1.74 bits per heavy atom. The Morgan fingerprint density at radius 2 is 1.13 bits per heavy atom. The van der Waals surface area contributed by atoms with E-state index in [1.807, 2.05) is 6.07 Å². The molecule has 3 aliphatic rings. The minimum absolute atomic E-state index is 0.0289. The molecule has 3 amide bonds. The zero-order valence-electron chi connectivity index (χ0n) is 38.1. The highest BCUT2D eigenvalue weighted by Gasteiger charge is 2.52. The number of amides is 3. The van der Waals surface area contributed by atoms with Crippen molar-refractivity contribution in [3.8, 4) is 0 Å². The summed E-state index contributed by atoms with van der Waals surface area (Å²) in [5.74, 6) is -1.75. The molecule has 0 radical (unpaired) electrons. The van der Waals surface area contributed by atoms with Gasteiger partial charge < -0.3 is 105 Å². The number of hydrogen-bond acceptors (Lipinski definition) is 22. The van der Waals surface area contributed by atoms with E-state index in [-0.39, 0.29) is 45.2 Å². The Morgan fingerprint density at radius 1 is 0.571 bits per heavy atom. The molecular weight excluding hydrogens is 934 g/mol. The lowest BCUT2D eigenvalue weighted by Gasteiger charge is -2.46. The Balaban J connectivity index is 1.06. The topological polar surface area (TPSA) is 381 Å². The molecule has 25 heteroatoms. The van der Waals surface area contributed by atoms with E-state index in [2.05, 4.69) is 16.0 Å². The van der Waals surface area contributed by atoms with Crippen LogP contribution in [0.5, 0.6) is 0 Å². The van der Waals surface area contributed by atoms with Crippen molar-refractivity contribution in [2.75, 3.05) is 39.5 Å². The van der Waals surface area contributed by atoms with Gasteiger partial charge in [0.15, 0.2) is 18.9 Å². The number of esters is 1. The maximum absolute atomic E-state index is 13.1. The highest BCUT2D eigenvalue weighted by atomic mass is 16.7. The van der Waals surface area contributed by atoms with Gasteiger partial charge in [-0.15, -0.1) is 0 Å². The van der Waals surface area contributed by atoms with Crippen LogP contribution in [0.25, 0.3) is 0 Å². The zero-order valence-corrected chi connectivity index (χ0v) is 38.1. The minimum atomic E-state index is -1.93. The summed E-state index contributed by atoms with van der Waals surface area (Å²) in [4.78, 5) is 51.1. The highest BCUT2D eigenvalue weighted by Crippen LogP contribution is 2.31. The monoisotopic (exact) mass is 999 g/mol. The summed E-state index contributed by atoms with van der Waals surface area (Å²) in [6.07, 6.45) is -25.6. The fourth-order valence-corrected chi connectivity index (χ4v) is 7.52. The second kappa shape index (κ2) is 28.5. The first kappa shape index (κ1) is 56.4. The van der Waals surface area contributed by atoms with Gasteiger partial charge in [0.2, 0.25) is 11.8 Å². The Kier molecular flexibility index (Phi) is 23.0. The number of nitrogens with one attached hydrogen (secondary N) is 3. The van der Waals surface area contributed by atoms with Crippen molar-refractivity contribution in [1.29, 1.82) is 0 Å². The zero-order chi connectivity index (χ0) is 50.7. The van der Waals surface area contributed by atoms with Gasteiger partial charge in [-0.25, -0.2) is 4.79 Å². The lowest BCUT2D eigenvalue weighted by molar-refractivity contribution is -0.366. The number of hydrogen-bond donors (Lipinski definition) is 13. The number of carbonyl (C=O) groups excluding carboxylic acids is 4. The standard InChI is InChI=1S/C45H65N3O22/c49-19-27-32(53)35(56)37(58)42(67-27)65-23-29-34(55)40(70-44-38(59)36(57)33(54)28(20-50)68-44)39(60)43(69-29)63-17-16-46-30(51)14-8-3-9-15-47-41(61)26(18-31(52)64-21-24-10-4-1-5-11-24)48-45(62)66-22-25-12-6-2-7-13-25/h1-2,4-7,10-13,26-29,32-40,42-44,49-50,53-60H,3,8-9,14-23H2,(H,46,51)(H,47,61)(H,48,62)/t26-,27+,28+,29+,32+,33+,34+,35-,36-,37-,38-,39-,40-,42-,43-,44?/m0/s1. The first-order valence-electron chi connectivity index (χ1n) is 22.8. The molecule has 3 aliphatic heterocycles. The number of rotatable bonds is 25. The molecule has 0 aromatic heterocycles. The van der Waals surface area contributed by atoms with Crippen LogP contribution in [0.1, 0.15) is 43.2 Å². The fraction of sp³-hybridized carbons (Fsp3) is 0.644. The summed E-state index contributed by atoms with van der Waals surface area (Å²) in [5, 5.41) is 111. The van der Waals surface area contributed by atoms with Gasteiger partial charge in [-0.1, -0.05) is 67.1 Å². The number of aliphatic hydroxyl groups is 10. The van der Waals surface area contributed by atoms with Gasteiger partial charge in [-0.05, 0) is 24.0 Å². The molecule has 13 N–H and O–H groups in total. The van der Waals surface area contributed by atoms with Crippen LogP contribution < -0.4 is 16.0 Å². The molecular formula is C45H65N3O22. The predicted molar refractivity (Wildman–Crippen MR) is 234 cm³/mol. The SMILES string of the molecule is O=C(CCCCCNC(=O)[C@H](CC(=O)OCc1ccccc1)NC(=O)OCc1ccccc1)NCCO[C@H]1O[C@H](CO[C@H]2O[C@H](CO)[C@@H](O)[C@H](O)[C@@H]2O)[C@@H](O)[C@H](OC2O[C@H](CO)[C@@H](O)[C@H](O)[C@@H]2O)[C@@H]1O. The quantitative estimate of drug-likeness (QED) is 0.0330. The third kappa shape index (κ3) is 16.5. The molecule has 1 unspecified atom stereocenters. The molecule has 70 heavy (non-hydrogen) atoms. The summed E-state index contributed by atoms with van der Waals surface area (Å²) in [5.41, 5.74) is 1.45. The number of carbonyl (C=O) groups is 4. The molecule has 0 aliphatic carbocycles. The van der Waals surface area contributed by atoms with E-state index in [0.717, 1.165) is 5.56 Å². The van der Waals surface area contributed by atoms with Crippen molar-refractivity contribution in [3.63, 3.8) is 0 Å².